The van der Waals surface area contributed by atoms with Crippen molar-refractivity contribution in [1.82, 2.24) is 19.6 Å². The number of phenolic OH excluding ortho intramolecular Hbond substituents is 8. The zero-order valence-corrected chi connectivity index (χ0v) is 69.2. The van der Waals surface area contributed by atoms with Crippen molar-refractivity contribution < 1.29 is 40.9 Å². The predicted octanol–water partition coefficient (Wildman–Crippen LogP) is 25.8. The van der Waals surface area contributed by atoms with Crippen LogP contribution in [0.5, 0.6) is 46.0 Å². The van der Waals surface area contributed by atoms with Gasteiger partial charge in [-0.1, -0.05) is 285 Å². The topological polar surface area (TPSA) is 175 Å². The zero-order chi connectivity index (χ0) is 76.2. The molecule has 4 saturated heterocycles. The molecule has 12 nitrogen and oxygen atoms in total. The molecule has 0 aromatic heterocycles. The molecule has 4 fully saturated rings. The van der Waals surface area contributed by atoms with E-state index < -0.39 is 23.7 Å². The summed E-state index contributed by atoms with van der Waals surface area (Å²) in [6.45, 7) is 17.2. The van der Waals surface area contributed by atoms with Crippen molar-refractivity contribution in [3.8, 4) is 46.0 Å². The molecule has 4 aliphatic heterocycles. The maximum Gasteiger partial charge on any atom is 0.127 e. The third-order valence-electron chi connectivity index (χ3n) is 26.4. The van der Waals surface area contributed by atoms with Crippen LogP contribution in [0.3, 0.4) is 0 Å². The SMILES string of the molecule is CCCCCCCCCCCC1c2cc(c(O)c(CN3CCCCC3)c2O)C(CCCCCCCCCCC)c2cc(c(O)c(CN3CCCCC3)c2O)C(CCCCCCCCCCC)c2cc(c(O)c(CN3CCCCC3)c2O)C(CCCCCCCCCCC)c2cc1c(O)c(CN1CCCCC1)c2O. The highest BCUT2D eigenvalue weighted by Gasteiger charge is 2.39. The average molecular weight is 1490 g/mol. The van der Waals surface area contributed by atoms with Gasteiger partial charge < -0.3 is 40.9 Å². The molecule has 4 heterocycles. The molecule has 1 aliphatic carbocycles. The minimum atomic E-state index is -0.596. The maximum atomic E-state index is 13.8. The summed E-state index contributed by atoms with van der Waals surface area (Å²) in [6.07, 6.45) is 55.8. The van der Waals surface area contributed by atoms with E-state index in [-0.39, 0.29) is 46.0 Å². The first-order valence-corrected chi connectivity index (χ1v) is 46.1. The highest BCUT2D eigenvalue weighted by molar-refractivity contribution is 5.68. The summed E-state index contributed by atoms with van der Waals surface area (Å²) in [5, 5.41) is 111. The van der Waals surface area contributed by atoms with E-state index in [1.54, 1.807) is 0 Å². The van der Waals surface area contributed by atoms with Gasteiger partial charge in [0.2, 0.25) is 0 Å². The van der Waals surface area contributed by atoms with Crippen LogP contribution in [-0.4, -0.2) is 113 Å². The van der Waals surface area contributed by atoms with Gasteiger partial charge in [-0.25, -0.2) is 0 Å². The van der Waals surface area contributed by atoms with Gasteiger partial charge in [0.25, 0.3) is 0 Å². The van der Waals surface area contributed by atoms with Crippen molar-refractivity contribution in [3.05, 3.63) is 91.0 Å². The van der Waals surface area contributed by atoms with Gasteiger partial charge in [0.15, 0.2) is 0 Å². The average Bonchev–Trinajstić information content (AvgIpc) is 0.736. The van der Waals surface area contributed by atoms with Gasteiger partial charge in [-0.3, -0.25) is 19.6 Å². The van der Waals surface area contributed by atoms with Gasteiger partial charge in [-0.15, -0.1) is 0 Å². The molecule has 8 N–H and O–H groups in total. The van der Waals surface area contributed by atoms with Crippen LogP contribution in [0.25, 0.3) is 0 Å². The quantitative estimate of drug-likeness (QED) is 0.0197. The molecular weight excluding hydrogens is 1340 g/mol. The Hall–Kier alpha value is -4.88. The number of unbranched alkanes of at least 4 members (excludes halogenated alkanes) is 32. The lowest BCUT2D eigenvalue weighted by Gasteiger charge is -2.34. The summed E-state index contributed by atoms with van der Waals surface area (Å²) in [5.41, 5.74) is 7.14. The number of piperidine rings is 4. The molecule has 608 valence electrons. The van der Waals surface area contributed by atoms with E-state index in [2.05, 4.69) is 71.6 Å². The highest BCUT2D eigenvalue weighted by atomic mass is 16.3. The van der Waals surface area contributed by atoms with Crippen LogP contribution in [0.4, 0.5) is 0 Å². The molecule has 8 bridgehead atoms. The van der Waals surface area contributed by atoms with E-state index in [4.69, 9.17) is 0 Å². The summed E-state index contributed by atoms with van der Waals surface area (Å²) in [6, 6.07) is 8.36. The summed E-state index contributed by atoms with van der Waals surface area (Å²) >= 11 is 0. The normalized spacial score (nSPS) is 19.2. The highest BCUT2D eigenvalue weighted by Crippen LogP contribution is 2.57. The molecule has 4 aromatic rings. The number of aromatic hydroxyl groups is 8. The first-order valence-electron chi connectivity index (χ1n) is 46.1. The Balaban J connectivity index is 1.37. The van der Waals surface area contributed by atoms with Crippen LogP contribution in [0.15, 0.2) is 24.3 Å². The second-order valence-electron chi connectivity index (χ2n) is 34.9. The number of likely N-dealkylation sites (tertiary alicyclic amines) is 4. The number of nitrogens with zero attached hydrogens (tertiary/aromatic N) is 4. The fourth-order valence-electron chi connectivity index (χ4n) is 19.7. The molecule has 5 aliphatic rings. The predicted molar refractivity (Wildman–Crippen MR) is 450 cm³/mol. The molecule has 0 amide bonds. The van der Waals surface area contributed by atoms with Gasteiger partial charge in [0.1, 0.15) is 46.0 Å². The lowest BCUT2D eigenvalue weighted by molar-refractivity contribution is 0.215. The van der Waals surface area contributed by atoms with Crippen LogP contribution in [0.1, 0.15) is 452 Å². The van der Waals surface area contributed by atoms with Crippen LogP contribution in [-0.2, 0) is 26.2 Å². The number of hydrogen-bond acceptors (Lipinski definition) is 12. The van der Waals surface area contributed by atoms with Crippen LogP contribution < -0.4 is 0 Å². The monoisotopic (exact) mass is 1490 g/mol. The van der Waals surface area contributed by atoms with E-state index in [1.807, 2.05) is 0 Å². The third kappa shape index (κ3) is 25.6. The Labute approximate surface area is 657 Å². The Morgan fingerprint density at radius 1 is 0.204 bits per heavy atom. The van der Waals surface area contributed by atoms with E-state index in [1.165, 1.54) is 128 Å². The summed E-state index contributed by atoms with van der Waals surface area (Å²) in [7, 11) is 0. The molecule has 108 heavy (non-hydrogen) atoms. The van der Waals surface area contributed by atoms with Crippen LogP contribution in [0.2, 0.25) is 0 Å². The molecule has 4 aromatic carbocycles. The Morgan fingerprint density at radius 3 is 0.491 bits per heavy atom. The summed E-state index contributed by atoms with van der Waals surface area (Å²) < 4.78 is 0. The van der Waals surface area contributed by atoms with Gasteiger partial charge in [0.05, 0.1) is 22.3 Å². The fraction of sp³-hybridized carbons (Fsp3) is 0.750. The van der Waals surface area contributed by atoms with Crippen molar-refractivity contribution in [3.63, 3.8) is 0 Å². The largest absolute Gasteiger partial charge is 0.507 e. The molecule has 0 saturated carbocycles. The van der Waals surface area contributed by atoms with Gasteiger partial charge >= 0.3 is 0 Å². The summed E-state index contributed by atoms with van der Waals surface area (Å²) in [4.78, 5) is 9.57. The minimum Gasteiger partial charge on any atom is -0.507 e. The van der Waals surface area contributed by atoms with Gasteiger partial charge in [0, 0.05) is 94.4 Å². The number of rotatable bonds is 48. The number of benzene rings is 4. The number of fused-ring (bicyclic) bond motifs is 8. The minimum absolute atomic E-state index is 0.0501. The summed E-state index contributed by atoms with van der Waals surface area (Å²) in [5.74, 6) is -1.98. The first-order chi connectivity index (χ1) is 52.9. The fourth-order valence-corrected chi connectivity index (χ4v) is 19.7. The van der Waals surface area contributed by atoms with E-state index in [0.29, 0.717) is 119 Å². The molecule has 0 unspecified atom stereocenters. The standard InChI is InChI=1S/C96H156N4O8/c1-5-9-13-17-21-25-29-33-41-53-73-77-65-79(91(103)85(89(77)101)69-97-57-45-37-46-58-97)74(54-42-34-30-26-22-18-14-10-6-2)81-67-83(95(107)87(93(81)105)71-99-61-49-39-50-62-99)76(56-44-36-32-28-24-20-16-12-8-4)84-68-82(94(106)88(96(84)108)72-100-63-51-40-52-64-100)75(55-43-35-31-27-23-19-15-11-7-3)80-66-78(73)90(102)86(92(80)104)70-98-59-47-38-48-60-98/h65-68,73-76,101-108H,5-64,69-72H2,1-4H3. The van der Waals surface area contributed by atoms with E-state index in [0.717, 1.165) is 232 Å². The lowest BCUT2D eigenvalue weighted by Crippen LogP contribution is -2.30. The van der Waals surface area contributed by atoms with Crippen molar-refractivity contribution in [2.24, 2.45) is 0 Å². The third-order valence-corrected chi connectivity index (χ3v) is 26.4. The lowest BCUT2D eigenvalue weighted by atomic mass is 9.74. The second kappa shape index (κ2) is 48.2. The zero-order valence-electron chi connectivity index (χ0n) is 69.2. The van der Waals surface area contributed by atoms with Crippen LogP contribution in [0, 0.1) is 0 Å². The molecular formula is C96H156N4O8. The maximum absolute atomic E-state index is 13.8. The molecule has 12 heteroatoms. The number of hydrogen-bond donors (Lipinski definition) is 8. The van der Waals surface area contributed by atoms with Crippen molar-refractivity contribution in [2.75, 3.05) is 52.4 Å². The Morgan fingerprint density at radius 2 is 0.343 bits per heavy atom. The van der Waals surface area contributed by atoms with Crippen molar-refractivity contribution >= 4 is 0 Å². The van der Waals surface area contributed by atoms with E-state index >= 15 is 0 Å². The van der Waals surface area contributed by atoms with Crippen LogP contribution >= 0.6 is 0 Å². The molecule has 9 rings (SSSR count). The van der Waals surface area contributed by atoms with E-state index in [9.17, 15) is 40.9 Å². The Bertz CT molecular complexity index is 2680. The van der Waals surface area contributed by atoms with Gasteiger partial charge in [-0.2, -0.15) is 0 Å². The smallest absolute Gasteiger partial charge is 0.127 e. The van der Waals surface area contributed by atoms with Crippen molar-refractivity contribution in [2.45, 2.75) is 411 Å². The second-order valence-corrected chi connectivity index (χ2v) is 34.9. The molecule has 0 spiro atoms. The van der Waals surface area contributed by atoms with Crippen molar-refractivity contribution in [1.29, 1.82) is 0 Å². The molecule has 0 radical (unpaired) electrons. The first kappa shape index (κ1) is 87.1. The molecule has 0 atom stereocenters. The Kier molecular flexibility index (Phi) is 38.9. The number of phenols is 8. The van der Waals surface area contributed by atoms with Gasteiger partial charge in [-0.05, 0) is 154 Å².